The molecule has 0 aliphatic carbocycles. The summed E-state index contributed by atoms with van der Waals surface area (Å²) in [5.41, 5.74) is 5.52. The van der Waals surface area contributed by atoms with Crippen molar-refractivity contribution in [2.75, 3.05) is 72.6 Å². The van der Waals surface area contributed by atoms with Crippen LogP contribution in [-0.2, 0) is 57.3 Å². The van der Waals surface area contributed by atoms with Crippen LogP contribution in [0.2, 0.25) is 0 Å². The van der Waals surface area contributed by atoms with E-state index in [1.54, 1.807) is 0 Å². The molecule has 0 heterocycles. The topological polar surface area (TPSA) is 284 Å². The van der Waals surface area contributed by atoms with Crippen molar-refractivity contribution in [3.05, 3.63) is 0 Å². The first-order chi connectivity index (χ1) is 31.8. The number of unbranched alkanes of at least 4 members (excludes halogenated alkanes) is 14. The van der Waals surface area contributed by atoms with Gasteiger partial charge in [-0.3, -0.25) is 38.4 Å². The molecule has 0 aromatic carbocycles. The molecular formula is C48H87N3O15. The fourth-order valence-electron chi connectivity index (χ4n) is 7.06. The standard InChI is InChI=1S/C48H85N3O15.H2/c1-38(53)39(34-44(56)43(49)35-52)19-16-17-25-50-45(57)36-66-32-30-64-28-26-51-46(58)37-65-31-29-63-27-18-21-41(54)24-23-40(48(61)62)33-42(55)20-14-12-10-8-6-4-2-3-5-7-9-11-13-15-22-47(59)60;/h39-40,43,52H,2-37,49H2,1H3,(H,50,57)(H,51,58)(H,59,60)(H,61,62);1H/t39-,40-,43-;/m1./s1. The first-order valence-corrected chi connectivity index (χ1v) is 24.5. The minimum absolute atomic E-state index is 0. The Morgan fingerprint density at radius 2 is 0.985 bits per heavy atom. The Kier molecular flexibility index (Phi) is 41.4. The SMILES string of the molecule is CC(=O)[C@H](CCCCNC(=O)COCCOCCNC(=O)COCCOCCCC(=O)CC[C@H](CC(=O)CCCCCCCCCCCCCCCCC(=O)O)C(=O)O)CC(=O)[C@H](N)CO.[HH]. The van der Waals surface area contributed by atoms with Crippen LogP contribution in [0, 0.1) is 11.8 Å². The van der Waals surface area contributed by atoms with Crippen molar-refractivity contribution in [1.29, 1.82) is 0 Å². The molecule has 0 radical (unpaired) electrons. The Morgan fingerprint density at radius 3 is 1.50 bits per heavy atom. The number of carboxylic acids is 2. The summed E-state index contributed by atoms with van der Waals surface area (Å²) in [4.78, 5) is 94.7. The molecule has 3 atom stereocenters. The van der Waals surface area contributed by atoms with Gasteiger partial charge < -0.3 is 50.6 Å². The minimum Gasteiger partial charge on any atom is -0.481 e. The average molecular weight is 946 g/mol. The molecule has 0 rings (SSSR count). The summed E-state index contributed by atoms with van der Waals surface area (Å²) in [6, 6.07) is -0.983. The molecule has 0 aliphatic rings. The van der Waals surface area contributed by atoms with Crippen molar-refractivity contribution in [3.8, 4) is 0 Å². The van der Waals surface area contributed by atoms with Gasteiger partial charge in [0.25, 0.3) is 0 Å². The van der Waals surface area contributed by atoms with E-state index in [0.717, 1.165) is 44.9 Å². The van der Waals surface area contributed by atoms with Crippen LogP contribution in [0.1, 0.15) is 169 Å². The van der Waals surface area contributed by atoms with Crippen molar-refractivity contribution < 1.29 is 74.0 Å². The van der Waals surface area contributed by atoms with Crippen LogP contribution in [0.3, 0.4) is 0 Å². The Hall–Kier alpha value is -3.68. The van der Waals surface area contributed by atoms with Crippen molar-refractivity contribution >= 4 is 46.9 Å². The molecule has 2 amide bonds. The predicted octanol–water partition coefficient (Wildman–Crippen LogP) is 5.30. The van der Waals surface area contributed by atoms with Crippen LogP contribution < -0.4 is 16.4 Å². The number of aliphatic hydroxyl groups is 1. The number of rotatable bonds is 50. The van der Waals surface area contributed by atoms with E-state index in [2.05, 4.69) is 10.6 Å². The Morgan fingerprint density at radius 1 is 0.500 bits per heavy atom. The second kappa shape index (κ2) is 43.9. The van der Waals surface area contributed by atoms with Gasteiger partial charge in [0.15, 0.2) is 5.78 Å². The van der Waals surface area contributed by atoms with Crippen LogP contribution in [0.15, 0.2) is 0 Å². The number of carboxylic acid groups (broad SMARTS) is 2. The second-order valence-corrected chi connectivity index (χ2v) is 17.1. The van der Waals surface area contributed by atoms with Gasteiger partial charge in [-0.1, -0.05) is 83.5 Å². The highest BCUT2D eigenvalue weighted by atomic mass is 16.5. The van der Waals surface area contributed by atoms with Crippen molar-refractivity contribution in [2.45, 2.75) is 173 Å². The third-order valence-electron chi connectivity index (χ3n) is 11.1. The summed E-state index contributed by atoms with van der Waals surface area (Å²) in [6.45, 7) is 2.70. The van der Waals surface area contributed by atoms with Gasteiger partial charge >= 0.3 is 11.9 Å². The Bertz CT molecular complexity index is 1360. The van der Waals surface area contributed by atoms with Gasteiger partial charge in [-0.2, -0.15) is 0 Å². The number of hydrogen-bond acceptors (Lipinski definition) is 14. The van der Waals surface area contributed by atoms with E-state index in [-0.39, 0.29) is 128 Å². The quantitative estimate of drug-likeness (QED) is 0.0422. The van der Waals surface area contributed by atoms with Crippen molar-refractivity contribution in [1.82, 2.24) is 10.6 Å². The number of hydrogen-bond donors (Lipinski definition) is 6. The molecule has 18 heteroatoms. The highest BCUT2D eigenvalue weighted by Crippen LogP contribution is 2.18. The lowest BCUT2D eigenvalue weighted by atomic mass is 9.91. The van der Waals surface area contributed by atoms with E-state index in [9.17, 15) is 43.5 Å². The fraction of sp³-hybridized carbons (Fsp3) is 0.833. The number of ether oxygens (including phenoxy) is 4. The Balaban J connectivity index is 0. The summed E-state index contributed by atoms with van der Waals surface area (Å²) >= 11 is 0. The summed E-state index contributed by atoms with van der Waals surface area (Å²) in [7, 11) is 0. The van der Waals surface area contributed by atoms with Crippen molar-refractivity contribution in [2.24, 2.45) is 17.6 Å². The van der Waals surface area contributed by atoms with E-state index >= 15 is 0 Å². The number of ketones is 4. The Labute approximate surface area is 394 Å². The molecule has 18 nitrogen and oxygen atoms in total. The zero-order valence-corrected chi connectivity index (χ0v) is 40.0. The molecule has 0 aromatic heterocycles. The highest BCUT2D eigenvalue weighted by molar-refractivity contribution is 5.89. The van der Waals surface area contributed by atoms with Gasteiger partial charge in [0, 0.05) is 65.6 Å². The maximum absolute atomic E-state index is 12.5. The van der Waals surface area contributed by atoms with Gasteiger partial charge in [-0.05, 0) is 45.4 Å². The average Bonchev–Trinajstić information content (AvgIpc) is 3.28. The van der Waals surface area contributed by atoms with E-state index in [4.69, 9.17) is 34.9 Å². The predicted molar refractivity (Wildman–Crippen MR) is 250 cm³/mol. The second-order valence-electron chi connectivity index (χ2n) is 17.1. The minimum atomic E-state index is -1.05. The smallest absolute Gasteiger partial charge is 0.306 e. The van der Waals surface area contributed by atoms with Gasteiger partial charge in [0.1, 0.15) is 30.6 Å². The van der Waals surface area contributed by atoms with Gasteiger partial charge in [0.2, 0.25) is 11.8 Å². The molecule has 66 heavy (non-hydrogen) atoms. The molecule has 7 N–H and O–H groups in total. The number of aliphatic carboxylic acids is 2. The number of nitrogens with two attached hydrogens (primary N) is 1. The molecule has 384 valence electrons. The lowest BCUT2D eigenvalue weighted by molar-refractivity contribution is -0.144. The summed E-state index contributed by atoms with van der Waals surface area (Å²) < 4.78 is 21.5. The number of aliphatic hydroxyl groups excluding tert-OH is 1. The molecule has 0 spiro atoms. The van der Waals surface area contributed by atoms with Crippen LogP contribution >= 0.6 is 0 Å². The molecule has 0 saturated carbocycles. The first kappa shape index (κ1) is 62.3. The van der Waals surface area contributed by atoms with E-state index in [1.165, 1.54) is 51.9 Å². The first-order valence-electron chi connectivity index (χ1n) is 24.5. The summed E-state index contributed by atoms with van der Waals surface area (Å²) in [5, 5.41) is 32.7. The van der Waals surface area contributed by atoms with E-state index in [0.29, 0.717) is 45.3 Å². The van der Waals surface area contributed by atoms with Crippen molar-refractivity contribution in [3.63, 3.8) is 0 Å². The number of carbonyl (C=O) groups is 8. The fourth-order valence-corrected chi connectivity index (χ4v) is 7.06. The summed E-state index contributed by atoms with van der Waals surface area (Å²) in [6.07, 6.45) is 18.5. The molecular weight excluding hydrogens is 859 g/mol. The third kappa shape index (κ3) is 40.6. The number of nitrogens with one attached hydrogen (secondary N) is 2. The van der Waals surface area contributed by atoms with Crippen LogP contribution in [0.5, 0.6) is 0 Å². The van der Waals surface area contributed by atoms with Crippen LogP contribution in [0.25, 0.3) is 0 Å². The summed E-state index contributed by atoms with van der Waals surface area (Å²) in [5.74, 6) is -4.31. The molecule has 0 fully saturated rings. The zero-order chi connectivity index (χ0) is 49.0. The molecule has 0 bridgehead atoms. The van der Waals surface area contributed by atoms with Crippen LogP contribution in [0.4, 0.5) is 0 Å². The van der Waals surface area contributed by atoms with Gasteiger partial charge in [0.05, 0.1) is 51.6 Å². The van der Waals surface area contributed by atoms with Gasteiger partial charge in [-0.15, -0.1) is 0 Å². The van der Waals surface area contributed by atoms with Gasteiger partial charge in [-0.25, -0.2) is 0 Å². The number of carbonyl (C=O) groups excluding carboxylic acids is 6. The maximum Gasteiger partial charge on any atom is 0.306 e. The maximum atomic E-state index is 12.5. The zero-order valence-electron chi connectivity index (χ0n) is 40.0. The van der Waals surface area contributed by atoms with E-state index < -0.39 is 36.4 Å². The van der Waals surface area contributed by atoms with E-state index in [1.807, 2.05) is 0 Å². The molecule has 0 aromatic rings. The third-order valence-corrected chi connectivity index (χ3v) is 11.1. The molecule has 0 unspecified atom stereocenters. The molecule has 0 saturated heterocycles. The molecule has 0 aliphatic heterocycles. The number of Topliss-reactive ketones (excluding diaryl/α,β-unsaturated/α-hetero) is 4. The lowest BCUT2D eigenvalue weighted by Crippen LogP contribution is -2.36. The van der Waals surface area contributed by atoms with Crippen LogP contribution in [-0.4, -0.2) is 141 Å². The normalized spacial score (nSPS) is 12.6. The monoisotopic (exact) mass is 946 g/mol. The highest BCUT2D eigenvalue weighted by Gasteiger charge is 2.23. The number of amides is 2. The largest absolute Gasteiger partial charge is 0.481 e. The lowest BCUT2D eigenvalue weighted by Gasteiger charge is -2.15.